The number of nitrogens with zero attached hydrogens (tertiary/aromatic N) is 2. The van der Waals surface area contributed by atoms with E-state index in [9.17, 15) is 5.11 Å². The molecule has 0 spiro atoms. The van der Waals surface area contributed by atoms with Crippen LogP contribution in [0.2, 0.25) is 0 Å². The molecular weight excluding hydrogens is 196 g/mol. The highest BCUT2D eigenvalue weighted by molar-refractivity contribution is 6.99. The zero-order chi connectivity index (χ0) is 9.80. The molecule has 1 aliphatic rings. The van der Waals surface area contributed by atoms with Crippen molar-refractivity contribution in [2.75, 3.05) is 0 Å². The first kappa shape index (κ1) is 9.80. The van der Waals surface area contributed by atoms with Crippen LogP contribution in [0.25, 0.3) is 0 Å². The van der Waals surface area contributed by atoms with Crippen molar-refractivity contribution < 1.29 is 5.11 Å². The Bertz CT molecular complexity index is 297. The van der Waals surface area contributed by atoms with E-state index in [2.05, 4.69) is 20.9 Å². The van der Waals surface area contributed by atoms with Crippen LogP contribution in [0.15, 0.2) is 18.3 Å². The quantitative estimate of drug-likeness (QED) is 0.774. The predicted molar refractivity (Wildman–Crippen MR) is 56.1 cm³/mol. The molecule has 76 valence electrons. The third-order valence-electron chi connectivity index (χ3n) is 2.68. The van der Waals surface area contributed by atoms with E-state index in [1.165, 1.54) is 11.7 Å². The van der Waals surface area contributed by atoms with Gasteiger partial charge in [0, 0.05) is 6.42 Å². The molecule has 1 aliphatic carbocycles. The molecule has 0 bridgehead atoms. The predicted octanol–water partition coefficient (Wildman–Crippen LogP) is 1.80. The summed E-state index contributed by atoms with van der Waals surface area (Å²) in [6.07, 6.45) is 9.67. The van der Waals surface area contributed by atoms with Crippen LogP contribution >= 0.6 is 11.7 Å². The van der Waals surface area contributed by atoms with Crippen molar-refractivity contribution >= 4 is 11.7 Å². The van der Waals surface area contributed by atoms with Crippen molar-refractivity contribution in [3.8, 4) is 0 Å². The molecule has 2 rings (SSSR count). The zero-order valence-corrected chi connectivity index (χ0v) is 8.78. The molecule has 4 heteroatoms. The Morgan fingerprint density at radius 3 is 3.14 bits per heavy atom. The van der Waals surface area contributed by atoms with Crippen molar-refractivity contribution in [2.24, 2.45) is 5.92 Å². The van der Waals surface area contributed by atoms with Gasteiger partial charge in [0.1, 0.15) is 0 Å². The smallest absolute Gasteiger partial charge is 0.0768 e. The molecule has 0 saturated carbocycles. The Morgan fingerprint density at radius 2 is 2.50 bits per heavy atom. The molecule has 1 aromatic rings. The molecule has 1 N–H and O–H groups in total. The van der Waals surface area contributed by atoms with Crippen molar-refractivity contribution in [1.29, 1.82) is 0 Å². The van der Waals surface area contributed by atoms with Gasteiger partial charge in [-0.25, -0.2) is 0 Å². The summed E-state index contributed by atoms with van der Waals surface area (Å²) in [6, 6.07) is 0. The van der Waals surface area contributed by atoms with E-state index >= 15 is 0 Å². The maximum absolute atomic E-state index is 9.95. The van der Waals surface area contributed by atoms with Crippen molar-refractivity contribution in [1.82, 2.24) is 8.75 Å². The van der Waals surface area contributed by atoms with Gasteiger partial charge in [-0.15, -0.1) is 0 Å². The summed E-state index contributed by atoms with van der Waals surface area (Å²) in [5, 5.41) is 9.95. The lowest BCUT2D eigenvalue weighted by atomic mass is 9.87. The SMILES string of the molecule is OC(Cc1cnsn1)C1CC=CCC1. The molecule has 1 heterocycles. The van der Waals surface area contributed by atoms with Crippen molar-refractivity contribution in [2.45, 2.75) is 31.8 Å². The van der Waals surface area contributed by atoms with Gasteiger partial charge in [0.2, 0.25) is 0 Å². The lowest BCUT2D eigenvalue weighted by Crippen LogP contribution is -2.23. The first-order chi connectivity index (χ1) is 6.86. The molecule has 0 aromatic carbocycles. The molecule has 0 amide bonds. The molecule has 14 heavy (non-hydrogen) atoms. The first-order valence-electron chi connectivity index (χ1n) is 4.96. The van der Waals surface area contributed by atoms with Crippen molar-refractivity contribution in [3.63, 3.8) is 0 Å². The maximum atomic E-state index is 9.95. The molecule has 0 fully saturated rings. The van der Waals surface area contributed by atoms with Crippen molar-refractivity contribution in [3.05, 3.63) is 24.0 Å². The summed E-state index contributed by atoms with van der Waals surface area (Å²) in [5.41, 5.74) is 0.914. The minimum Gasteiger partial charge on any atom is -0.392 e. The van der Waals surface area contributed by atoms with Gasteiger partial charge in [0.05, 0.1) is 29.7 Å². The largest absolute Gasteiger partial charge is 0.392 e. The molecule has 2 unspecified atom stereocenters. The van der Waals surface area contributed by atoms with Crippen LogP contribution in [0.1, 0.15) is 25.0 Å². The Balaban J connectivity index is 1.89. The Labute approximate surface area is 87.8 Å². The van der Waals surface area contributed by atoms with Crippen LogP contribution in [-0.2, 0) is 6.42 Å². The fraction of sp³-hybridized carbons (Fsp3) is 0.600. The Hall–Kier alpha value is -0.740. The number of hydrogen-bond acceptors (Lipinski definition) is 4. The first-order valence-corrected chi connectivity index (χ1v) is 5.69. The van der Waals surface area contributed by atoms with Crippen LogP contribution in [0, 0.1) is 5.92 Å². The second kappa shape index (κ2) is 4.66. The minimum absolute atomic E-state index is 0.260. The molecule has 0 saturated heterocycles. The Morgan fingerprint density at radius 1 is 1.57 bits per heavy atom. The number of rotatable bonds is 3. The van der Waals surface area contributed by atoms with Crippen LogP contribution in [-0.4, -0.2) is 20.0 Å². The standard InChI is InChI=1S/C10H14N2OS/c13-10(6-9-7-11-14-12-9)8-4-2-1-3-5-8/h1-2,7-8,10,13H,3-6H2. The van der Waals surface area contributed by atoms with E-state index in [-0.39, 0.29) is 6.10 Å². The van der Waals surface area contributed by atoms with Gasteiger partial charge in [-0.2, -0.15) is 8.75 Å². The summed E-state index contributed by atoms with van der Waals surface area (Å²) in [6.45, 7) is 0. The highest BCUT2D eigenvalue weighted by Gasteiger charge is 2.20. The van der Waals surface area contributed by atoms with E-state index < -0.39 is 0 Å². The third kappa shape index (κ3) is 2.39. The van der Waals surface area contributed by atoms with Gasteiger partial charge in [0.15, 0.2) is 0 Å². The van der Waals surface area contributed by atoms with Crippen LogP contribution in [0.3, 0.4) is 0 Å². The highest BCUT2D eigenvalue weighted by Crippen LogP contribution is 2.23. The normalized spacial score (nSPS) is 23.6. The van der Waals surface area contributed by atoms with E-state index in [4.69, 9.17) is 0 Å². The molecule has 1 aromatic heterocycles. The average molecular weight is 210 g/mol. The third-order valence-corrected chi connectivity index (χ3v) is 3.19. The lowest BCUT2D eigenvalue weighted by molar-refractivity contribution is 0.101. The summed E-state index contributed by atoms with van der Waals surface area (Å²) in [4.78, 5) is 0. The van der Waals surface area contributed by atoms with Gasteiger partial charge >= 0.3 is 0 Å². The minimum atomic E-state index is -0.260. The van der Waals surface area contributed by atoms with Gasteiger partial charge in [-0.3, -0.25) is 0 Å². The molecular formula is C10H14N2OS. The van der Waals surface area contributed by atoms with Gasteiger partial charge in [-0.1, -0.05) is 12.2 Å². The highest BCUT2D eigenvalue weighted by atomic mass is 32.1. The van der Waals surface area contributed by atoms with Crippen LogP contribution in [0.5, 0.6) is 0 Å². The molecule has 2 atom stereocenters. The monoisotopic (exact) mass is 210 g/mol. The summed E-state index contributed by atoms with van der Waals surface area (Å²) in [7, 11) is 0. The fourth-order valence-electron chi connectivity index (χ4n) is 1.82. The summed E-state index contributed by atoms with van der Waals surface area (Å²) in [5.74, 6) is 0.404. The fourth-order valence-corrected chi connectivity index (χ4v) is 2.26. The van der Waals surface area contributed by atoms with E-state index in [1.54, 1.807) is 6.20 Å². The second-order valence-electron chi connectivity index (χ2n) is 3.71. The maximum Gasteiger partial charge on any atom is 0.0768 e. The van der Waals surface area contributed by atoms with E-state index in [0.29, 0.717) is 12.3 Å². The molecule has 3 nitrogen and oxygen atoms in total. The van der Waals surface area contributed by atoms with Gasteiger partial charge in [-0.05, 0) is 25.2 Å². The average Bonchev–Trinajstić information content (AvgIpc) is 2.72. The summed E-state index contributed by atoms with van der Waals surface area (Å²) >= 11 is 1.20. The van der Waals surface area contributed by atoms with E-state index in [0.717, 1.165) is 25.0 Å². The van der Waals surface area contributed by atoms with Gasteiger partial charge in [0.25, 0.3) is 0 Å². The number of aromatic nitrogens is 2. The van der Waals surface area contributed by atoms with Gasteiger partial charge < -0.3 is 5.11 Å². The lowest BCUT2D eigenvalue weighted by Gasteiger charge is -2.22. The second-order valence-corrected chi connectivity index (χ2v) is 4.27. The summed E-state index contributed by atoms with van der Waals surface area (Å²) < 4.78 is 8.03. The topological polar surface area (TPSA) is 46.0 Å². The number of aliphatic hydroxyl groups excluding tert-OH is 1. The van der Waals surface area contributed by atoms with Crippen LogP contribution < -0.4 is 0 Å². The molecule has 0 aliphatic heterocycles. The number of allylic oxidation sites excluding steroid dienone is 2. The Kier molecular flexibility index (Phi) is 3.26. The molecule has 0 radical (unpaired) electrons. The zero-order valence-electron chi connectivity index (χ0n) is 7.97. The number of aliphatic hydroxyl groups is 1. The number of hydrogen-bond donors (Lipinski definition) is 1. The van der Waals surface area contributed by atoms with E-state index in [1.807, 2.05) is 0 Å². The van der Waals surface area contributed by atoms with Crippen LogP contribution in [0.4, 0.5) is 0 Å².